The summed E-state index contributed by atoms with van der Waals surface area (Å²) in [5.74, 6) is -9.05. The van der Waals surface area contributed by atoms with Gasteiger partial charge >= 0.3 is 18.2 Å². The van der Waals surface area contributed by atoms with E-state index in [0.717, 1.165) is 18.2 Å². The van der Waals surface area contributed by atoms with E-state index in [1.165, 1.54) is 45.2 Å². The summed E-state index contributed by atoms with van der Waals surface area (Å²) in [6.07, 6.45) is -8.82. The summed E-state index contributed by atoms with van der Waals surface area (Å²) in [6.45, 7) is 7.69. The maximum atomic E-state index is 15.4. The topological polar surface area (TPSA) is 155 Å². The second-order valence-corrected chi connectivity index (χ2v) is 13.9. The average molecular weight is 786 g/mol. The van der Waals surface area contributed by atoms with Gasteiger partial charge in [0, 0.05) is 12.1 Å². The average Bonchev–Trinajstić information content (AvgIpc) is 3.04. The van der Waals surface area contributed by atoms with Crippen LogP contribution in [0.3, 0.4) is 0 Å². The van der Waals surface area contributed by atoms with Gasteiger partial charge in [0.15, 0.2) is 6.10 Å². The molecule has 0 aliphatic rings. The third kappa shape index (κ3) is 13.3. The molecule has 0 heterocycles. The van der Waals surface area contributed by atoms with Gasteiger partial charge in [-0.05, 0) is 75.8 Å². The molecule has 0 spiro atoms. The van der Waals surface area contributed by atoms with Crippen molar-refractivity contribution in [3.8, 4) is 5.75 Å². The first-order valence-corrected chi connectivity index (χ1v) is 16.8. The van der Waals surface area contributed by atoms with Crippen LogP contribution in [0, 0.1) is 5.92 Å². The molecule has 4 amide bonds. The van der Waals surface area contributed by atoms with Crippen LogP contribution in [0.25, 0.3) is 0 Å². The number of alkyl halides is 5. The number of aliphatic hydroxyl groups excluding tert-OH is 1. The Labute approximate surface area is 308 Å². The predicted octanol–water partition coefficient (Wildman–Crippen LogP) is 6.20. The summed E-state index contributed by atoms with van der Waals surface area (Å²) in [4.78, 5) is 52.3. The molecule has 11 nitrogen and oxygen atoms in total. The SMILES string of the molecule is COc1ccc(C(NC(=O)C(CCCCNC(=O)OC(C)(C)C)NC(=O)C(F)(F)c2ccc(Cl)c(Cl)c2)C(=O)NC(C(C)C)C(O)C(F)(F)F)cc1. The van der Waals surface area contributed by atoms with Crippen LogP contribution in [-0.4, -0.2) is 72.5 Å². The standard InChI is InChI=1S/C34H43Cl2F5N4O7/c1-18(2)25(27(46)34(39,40)41)44-29(48)26(19-10-13-21(51-6)14-11-19)45-28(47)24(9-7-8-16-42-31(50)52-32(3,4)5)43-30(49)33(37,38)20-12-15-22(35)23(36)17-20/h10-15,17-18,24-27,46H,7-9,16H2,1-6H3,(H,42,50)(H,43,49)(H,44,48)(H,45,47). The zero-order chi connectivity index (χ0) is 39.6. The fourth-order valence-electron chi connectivity index (χ4n) is 4.72. The van der Waals surface area contributed by atoms with Gasteiger partial charge in [-0.25, -0.2) is 4.79 Å². The molecule has 0 aliphatic carbocycles. The second-order valence-electron chi connectivity index (χ2n) is 13.1. The Hall–Kier alpha value is -3.89. The van der Waals surface area contributed by atoms with E-state index in [-0.39, 0.29) is 41.4 Å². The first-order chi connectivity index (χ1) is 24.0. The molecular weight excluding hydrogens is 742 g/mol. The minimum absolute atomic E-state index is 0.0448. The highest BCUT2D eigenvalue weighted by Crippen LogP contribution is 2.33. The Kier molecular flexibility index (Phi) is 16.0. The van der Waals surface area contributed by atoms with Crippen molar-refractivity contribution in [3.05, 3.63) is 63.6 Å². The molecule has 5 N–H and O–H groups in total. The highest BCUT2D eigenvalue weighted by molar-refractivity contribution is 6.42. The number of amides is 4. The van der Waals surface area contributed by atoms with E-state index in [4.69, 9.17) is 32.7 Å². The number of halogens is 7. The lowest BCUT2D eigenvalue weighted by Gasteiger charge is -2.31. The van der Waals surface area contributed by atoms with Crippen LogP contribution in [0.1, 0.15) is 71.0 Å². The zero-order valence-corrected chi connectivity index (χ0v) is 30.8. The number of benzene rings is 2. The van der Waals surface area contributed by atoms with Gasteiger partial charge in [0.2, 0.25) is 11.8 Å². The minimum Gasteiger partial charge on any atom is -0.497 e. The van der Waals surface area contributed by atoms with E-state index in [1.54, 1.807) is 20.8 Å². The molecule has 0 saturated heterocycles. The monoisotopic (exact) mass is 784 g/mol. The Balaban J connectivity index is 2.42. The quantitative estimate of drug-likeness (QED) is 0.100. The molecule has 0 aliphatic heterocycles. The number of hydrogen-bond acceptors (Lipinski definition) is 7. The van der Waals surface area contributed by atoms with Crippen LogP contribution in [-0.2, 0) is 25.0 Å². The van der Waals surface area contributed by atoms with Gasteiger partial charge in [0.05, 0.1) is 23.2 Å². The number of methoxy groups -OCH3 is 1. The van der Waals surface area contributed by atoms with E-state index in [9.17, 15) is 37.5 Å². The lowest BCUT2D eigenvalue weighted by Crippen LogP contribution is -2.56. The van der Waals surface area contributed by atoms with Crippen molar-refractivity contribution in [2.24, 2.45) is 5.92 Å². The summed E-state index contributed by atoms with van der Waals surface area (Å²) in [5, 5.41) is 18.7. The fraction of sp³-hybridized carbons (Fsp3) is 0.529. The normalized spacial score (nSPS) is 14.4. The molecule has 0 bridgehead atoms. The Bertz CT molecular complexity index is 1540. The van der Waals surface area contributed by atoms with Crippen LogP contribution in [0.5, 0.6) is 5.75 Å². The van der Waals surface area contributed by atoms with Gasteiger partial charge in [0.1, 0.15) is 23.4 Å². The van der Waals surface area contributed by atoms with Gasteiger partial charge in [-0.3, -0.25) is 14.4 Å². The maximum Gasteiger partial charge on any atom is 0.416 e. The van der Waals surface area contributed by atoms with Gasteiger partial charge in [-0.2, -0.15) is 22.0 Å². The number of carbonyl (C=O) groups excluding carboxylic acids is 4. The van der Waals surface area contributed by atoms with Crippen molar-refractivity contribution >= 4 is 47.0 Å². The van der Waals surface area contributed by atoms with Gasteiger partial charge in [-0.15, -0.1) is 0 Å². The van der Waals surface area contributed by atoms with Crippen LogP contribution in [0.2, 0.25) is 10.0 Å². The van der Waals surface area contributed by atoms with Crippen molar-refractivity contribution in [2.45, 2.75) is 95.8 Å². The number of aliphatic hydroxyl groups is 1. The van der Waals surface area contributed by atoms with Gasteiger partial charge < -0.3 is 35.8 Å². The number of hydrogen-bond donors (Lipinski definition) is 5. The molecule has 18 heteroatoms. The summed E-state index contributed by atoms with van der Waals surface area (Å²) >= 11 is 11.7. The number of carbonyl (C=O) groups is 4. The van der Waals surface area contributed by atoms with Crippen molar-refractivity contribution in [1.82, 2.24) is 21.3 Å². The second kappa shape index (κ2) is 18.7. The summed E-state index contributed by atoms with van der Waals surface area (Å²) in [7, 11) is 1.36. The van der Waals surface area contributed by atoms with E-state index >= 15 is 8.78 Å². The minimum atomic E-state index is -5.10. The number of ether oxygens (including phenoxy) is 2. The Morgan fingerprint density at radius 3 is 1.98 bits per heavy atom. The highest BCUT2D eigenvalue weighted by Gasteiger charge is 2.46. The van der Waals surface area contributed by atoms with Crippen LogP contribution >= 0.6 is 23.2 Å². The third-order valence-corrected chi connectivity index (χ3v) is 8.22. The highest BCUT2D eigenvalue weighted by atomic mass is 35.5. The molecule has 52 heavy (non-hydrogen) atoms. The first-order valence-electron chi connectivity index (χ1n) is 16.1. The maximum absolute atomic E-state index is 15.4. The molecule has 0 saturated carbocycles. The van der Waals surface area contributed by atoms with E-state index < -0.39 is 77.2 Å². The van der Waals surface area contributed by atoms with Crippen molar-refractivity contribution < 1.29 is 55.7 Å². The lowest BCUT2D eigenvalue weighted by atomic mass is 9.96. The molecule has 0 fully saturated rings. The largest absolute Gasteiger partial charge is 0.497 e. The first kappa shape index (κ1) is 44.3. The van der Waals surface area contributed by atoms with Crippen LogP contribution in [0.15, 0.2) is 42.5 Å². The van der Waals surface area contributed by atoms with E-state index in [0.29, 0.717) is 5.75 Å². The molecule has 2 aromatic rings. The fourth-order valence-corrected chi connectivity index (χ4v) is 5.02. The van der Waals surface area contributed by atoms with Crippen LogP contribution in [0.4, 0.5) is 26.7 Å². The van der Waals surface area contributed by atoms with Crippen molar-refractivity contribution in [1.29, 1.82) is 0 Å². The predicted molar refractivity (Wildman–Crippen MR) is 183 cm³/mol. The summed E-state index contributed by atoms with van der Waals surface area (Å²) < 4.78 is 81.4. The Morgan fingerprint density at radius 1 is 0.846 bits per heavy atom. The smallest absolute Gasteiger partial charge is 0.416 e. The molecule has 4 unspecified atom stereocenters. The zero-order valence-electron chi connectivity index (χ0n) is 29.3. The molecule has 2 rings (SSSR count). The summed E-state index contributed by atoms with van der Waals surface area (Å²) in [6, 6.07) is 2.89. The Morgan fingerprint density at radius 2 is 1.46 bits per heavy atom. The molecule has 0 radical (unpaired) electrons. The number of unbranched alkanes of at least 4 members (excludes halogenated alkanes) is 1. The summed E-state index contributed by atoms with van der Waals surface area (Å²) in [5.41, 5.74) is -1.56. The third-order valence-electron chi connectivity index (χ3n) is 7.48. The van der Waals surface area contributed by atoms with Crippen molar-refractivity contribution in [3.63, 3.8) is 0 Å². The lowest BCUT2D eigenvalue weighted by molar-refractivity contribution is -0.215. The van der Waals surface area contributed by atoms with Gasteiger partial charge in [-0.1, -0.05) is 55.2 Å². The number of rotatable bonds is 16. The van der Waals surface area contributed by atoms with E-state index in [1.807, 2.05) is 5.32 Å². The van der Waals surface area contributed by atoms with Crippen molar-refractivity contribution in [2.75, 3.05) is 13.7 Å². The number of nitrogens with one attached hydrogen (secondary N) is 4. The van der Waals surface area contributed by atoms with E-state index in [2.05, 4.69) is 16.0 Å². The molecule has 0 aromatic heterocycles. The molecule has 290 valence electrons. The van der Waals surface area contributed by atoms with Gasteiger partial charge in [0.25, 0.3) is 5.91 Å². The molecule has 2 aromatic carbocycles. The number of alkyl carbamates (subject to hydrolysis) is 1. The molecular formula is C34H43Cl2F5N4O7. The van der Waals surface area contributed by atoms with Crippen LogP contribution < -0.4 is 26.0 Å². The molecule has 4 atom stereocenters.